The van der Waals surface area contributed by atoms with E-state index in [0.717, 1.165) is 28.2 Å². The van der Waals surface area contributed by atoms with Crippen molar-refractivity contribution in [3.05, 3.63) is 113 Å². The molecule has 0 aliphatic carbocycles. The maximum absolute atomic E-state index is 12.5. The molecule has 160 valence electrons. The molecule has 0 atom stereocenters. The van der Waals surface area contributed by atoms with Crippen molar-refractivity contribution in [2.24, 2.45) is 5.10 Å². The zero-order chi connectivity index (χ0) is 22.5. The van der Waals surface area contributed by atoms with Crippen LogP contribution in [0.4, 0.5) is 0 Å². The molecule has 4 nitrogen and oxygen atoms in total. The first-order valence-corrected chi connectivity index (χ1v) is 10.8. The van der Waals surface area contributed by atoms with Crippen molar-refractivity contribution < 1.29 is 4.79 Å². The quantitative estimate of drug-likeness (QED) is 0.287. The van der Waals surface area contributed by atoms with Gasteiger partial charge in [-0.25, -0.2) is 5.43 Å². The molecular formula is C28H27N3O. The third-order valence-electron chi connectivity index (χ3n) is 5.52. The molecule has 0 fully saturated rings. The second kappa shape index (κ2) is 9.48. The lowest BCUT2D eigenvalue weighted by molar-refractivity contribution is 0.0955. The fourth-order valence-corrected chi connectivity index (χ4v) is 3.67. The fraction of sp³-hybridized carbons (Fsp3) is 0.143. The van der Waals surface area contributed by atoms with E-state index in [4.69, 9.17) is 0 Å². The van der Waals surface area contributed by atoms with Crippen LogP contribution in [0.2, 0.25) is 0 Å². The van der Waals surface area contributed by atoms with Gasteiger partial charge in [0.05, 0.1) is 11.9 Å². The number of carbonyl (C=O) groups excluding carboxylic acids is 1. The molecule has 0 radical (unpaired) electrons. The number of aryl methyl sites for hydroxylation is 1. The lowest BCUT2D eigenvalue weighted by atomic mass is 10.0. The molecule has 1 heterocycles. The van der Waals surface area contributed by atoms with E-state index in [1.807, 2.05) is 54.6 Å². The van der Waals surface area contributed by atoms with Crippen LogP contribution in [-0.4, -0.2) is 16.7 Å². The third kappa shape index (κ3) is 4.70. The molecule has 0 saturated heterocycles. The van der Waals surface area contributed by atoms with Gasteiger partial charge in [0.2, 0.25) is 0 Å². The number of carbonyl (C=O) groups is 1. The zero-order valence-corrected chi connectivity index (χ0v) is 18.6. The van der Waals surface area contributed by atoms with Gasteiger partial charge in [-0.3, -0.25) is 4.79 Å². The number of nitrogens with one attached hydrogen (secondary N) is 1. The summed E-state index contributed by atoms with van der Waals surface area (Å²) in [6, 6.07) is 30.3. The summed E-state index contributed by atoms with van der Waals surface area (Å²) in [6.45, 7) is 6.40. The van der Waals surface area contributed by atoms with Gasteiger partial charge in [-0.05, 0) is 65.9 Å². The van der Waals surface area contributed by atoms with Crippen LogP contribution in [0.15, 0.2) is 96.1 Å². The molecule has 0 bridgehead atoms. The van der Waals surface area contributed by atoms with E-state index in [9.17, 15) is 4.79 Å². The second-order valence-electron chi connectivity index (χ2n) is 8.13. The first kappa shape index (κ1) is 21.3. The summed E-state index contributed by atoms with van der Waals surface area (Å²) < 4.78 is 2.19. The predicted octanol–water partition coefficient (Wildman–Crippen LogP) is 6.34. The Kier molecular flexibility index (Phi) is 6.31. The average Bonchev–Trinajstić information content (AvgIpc) is 3.21. The predicted molar refractivity (Wildman–Crippen MR) is 132 cm³/mol. The van der Waals surface area contributed by atoms with Crippen molar-refractivity contribution in [3.63, 3.8) is 0 Å². The largest absolute Gasteiger partial charge is 0.314 e. The van der Waals surface area contributed by atoms with Crippen molar-refractivity contribution in [3.8, 4) is 16.9 Å². The molecule has 1 aromatic heterocycles. The Morgan fingerprint density at radius 1 is 0.875 bits per heavy atom. The van der Waals surface area contributed by atoms with Gasteiger partial charge in [0.1, 0.15) is 0 Å². The number of nitrogens with zero attached hydrogens (tertiary/aromatic N) is 2. The van der Waals surface area contributed by atoms with E-state index in [1.165, 1.54) is 5.56 Å². The van der Waals surface area contributed by atoms with E-state index in [-0.39, 0.29) is 5.91 Å². The van der Waals surface area contributed by atoms with Crippen LogP contribution in [-0.2, 0) is 0 Å². The molecule has 4 heteroatoms. The molecule has 32 heavy (non-hydrogen) atoms. The number of rotatable bonds is 6. The third-order valence-corrected chi connectivity index (χ3v) is 5.52. The van der Waals surface area contributed by atoms with Crippen LogP contribution >= 0.6 is 0 Å². The maximum atomic E-state index is 12.5. The van der Waals surface area contributed by atoms with Crippen molar-refractivity contribution in [2.45, 2.75) is 26.7 Å². The molecule has 0 spiro atoms. The molecule has 4 aromatic rings. The van der Waals surface area contributed by atoms with Crippen LogP contribution in [0, 0.1) is 6.92 Å². The monoisotopic (exact) mass is 421 g/mol. The van der Waals surface area contributed by atoms with Crippen LogP contribution < -0.4 is 5.43 Å². The van der Waals surface area contributed by atoms with Gasteiger partial charge in [-0.15, -0.1) is 0 Å². The van der Waals surface area contributed by atoms with Gasteiger partial charge in [0.15, 0.2) is 0 Å². The van der Waals surface area contributed by atoms with Gasteiger partial charge in [-0.2, -0.15) is 5.10 Å². The SMILES string of the molecule is Cc1ccc(-c2ccccc2)n1-c1ccc(C(=O)N/N=C/c2ccc(C(C)C)cc2)cc1. The fourth-order valence-electron chi connectivity index (χ4n) is 3.67. The highest BCUT2D eigenvalue weighted by molar-refractivity contribution is 5.95. The lowest BCUT2D eigenvalue weighted by Gasteiger charge is -2.12. The van der Waals surface area contributed by atoms with Crippen molar-refractivity contribution in [1.82, 2.24) is 9.99 Å². The van der Waals surface area contributed by atoms with Gasteiger partial charge in [-0.1, -0.05) is 68.4 Å². The number of aromatic nitrogens is 1. The number of amides is 1. The first-order valence-electron chi connectivity index (χ1n) is 10.8. The number of hydrogen-bond acceptors (Lipinski definition) is 2. The van der Waals surface area contributed by atoms with Crippen LogP contribution in [0.1, 0.15) is 46.9 Å². The summed E-state index contributed by atoms with van der Waals surface area (Å²) in [5.74, 6) is 0.252. The summed E-state index contributed by atoms with van der Waals surface area (Å²) in [7, 11) is 0. The van der Waals surface area contributed by atoms with Crippen molar-refractivity contribution in [1.29, 1.82) is 0 Å². The molecule has 0 aliphatic rings. The van der Waals surface area contributed by atoms with Gasteiger partial charge in [0.25, 0.3) is 5.91 Å². The van der Waals surface area contributed by atoms with Gasteiger partial charge >= 0.3 is 0 Å². The highest BCUT2D eigenvalue weighted by atomic mass is 16.2. The van der Waals surface area contributed by atoms with E-state index >= 15 is 0 Å². The van der Waals surface area contributed by atoms with E-state index in [2.05, 4.69) is 72.3 Å². The summed E-state index contributed by atoms with van der Waals surface area (Å²) >= 11 is 0. The molecule has 1 amide bonds. The molecule has 3 aromatic carbocycles. The topological polar surface area (TPSA) is 46.4 Å². The minimum absolute atomic E-state index is 0.237. The Labute approximate surface area is 189 Å². The Morgan fingerprint density at radius 3 is 2.22 bits per heavy atom. The number of hydrazone groups is 1. The summed E-state index contributed by atoms with van der Waals surface area (Å²) in [5, 5.41) is 4.10. The molecule has 0 saturated carbocycles. The van der Waals surface area contributed by atoms with E-state index < -0.39 is 0 Å². The molecule has 0 aliphatic heterocycles. The normalized spacial score (nSPS) is 11.2. The molecule has 1 N–H and O–H groups in total. The smallest absolute Gasteiger partial charge is 0.271 e. The Morgan fingerprint density at radius 2 is 1.56 bits per heavy atom. The zero-order valence-electron chi connectivity index (χ0n) is 18.6. The summed E-state index contributed by atoms with van der Waals surface area (Å²) in [4.78, 5) is 12.5. The average molecular weight is 422 g/mol. The Hall–Kier alpha value is -3.92. The van der Waals surface area contributed by atoms with Crippen molar-refractivity contribution in [2.75, 3.05) is 0 Å². The standard InChI is InChI=1S/C28H27N3O/c1-20(2)23-12-10-22(11-13-23)19-29-30-28(32)25-14-16-26(17-15-25)31-21(3)9-18-27(31)24-7-5-4-6-8-24/h4-20H,1-3H3,(H,30,32)/b29-19+. The molecular weight excluding hydrogens is 394 g/mol. The minimum Gasteiger partial charge on any atom is -0.314 e. The van der Waals surface area contributed by atoms with Crippen LogP contribution in [0.25, 0.3) is 16.9 Å². The minimum atomic E-state index is -0.237. The number of benzene rings is 3. The van der Waals surface area contributed by atoms with Gasteiger partial charge < -0.3 is 4.57 Å². The van der Waals surface area contributed by atoms with Crippen LogP contribution in [0.5, 0.6) is 0 Å². The molecule has 4 rings (SSSR count). The van der Waals surface area contributed by atoms with Crippen molar-refractivity contribution >= 4 is 12.1 Å². The van der Waals surface area contributed by atoms with Gasteiger partial charge in [0, 0.05) is 16.9 Å². The Bertz CT molecular complexity index is 1220. The second-order valence-corrected chi connectivity index (χ2v) is 8.13. The van der Waals surface area contributed by atoms with E-state index in [1.54, 1.807) is 6.21 Å². The summed E-state index contributed by atoms with van der Waals surface area (Å²) in [6.07, 6.45) is 1.66. The highest BCUT2D eigenvalue weighted by Crippen LogP contribution is 2.26. The maximum Gasteiger partial charge on any atom is 0.271 e. The summed E-state index contributed by atoms with van der Waals surface area (Å²) in [5.41, 5.74) is 9.81. The molecule has 0 unspecified atom stereocenters. The van der Waals surface area contributed by atoms with E-state index in [0.29, 0.717) is 11.5 Å². The lowest BCUT2D eigenvalue weighted by Crippen LogP contribution is -2.17. The Balaban J connectivity index is 1.46. The van der Waals surface area contributed by atoms with Crippen LogP contribution in [0.3, 0.4) is 0 Å². The highest BCUT2D eigenvalue weighted by Gasteiger charge is 2.10. The first-order chi connectivity index (χ1) is 15.5. The number of hydrogen-bond donors (Lipinski definition) is 1.